The molecule has 0 N–H and O–H groups in total. The van der Waals surface area contributed by atoms with Crippen LogP contribution < -0.4 is 9.47 Å². The highest BCUT2D eigenvalue weighted by Crippen LogP contribution is 2.30. The molecule has 1 aromatic rings. The van der Waals surface area contributed by atoms with Crippen LogP contribution in [0.1, 0.15) is 12.5 Å². The molecular formula is C14H19NO3. The lowest BCUT2D eigenvalue weighted by molar-refractivity contribution is -0.116. The van der Waals surface area contributed by atoms with E-state index >= 15 is 0 Å². The predicted molar refractivity (Wildman–Crippen MR) is 69.3 cm³/mol. The van der Waals surface area contributed by atoms with Gasteiger partial charge in [-0.25, -0.2) is 0 Å². The summed E-state index contributed by atoms with van der Waals surface area (Å²) in [6.45, 7) is 3.45. The normalized spacial score (nSPS) is 16.2. The van der Waals surface area contributed by atoms with Gasteiger partial charge < -0.3 is 9.47 Å². The first kappa shape index (κ1) is 12.9. The summed E-state index contributed by atoms with van der Waals surface area (Å²) in [6.07, 6.45) is 0.654. The number of ketones is 1. The Morgan fingerprint density at radius 2 is 2.11 bits per heavy atom. The van der Waals surface area contributed by atoms with Crippen molar-refractivity contribution in [2.24, 2.45) is 0 Å². The molecule has 1 aliphatic heterocycles. The highest BCUT2D eigenvalue weighted by Gasteiger charge is 2.25. The second-order valence-corrected chi connectivity index (χ2v) is 4.83. The Hall–Kier alpha value is -1.55. The van der Waals surface area contributed by atoms with Crippen LogP contribution in [0, 0.1) is 0 Å². The maximum Gasteiger partial charge on any atom is 0.162 e. The largest absolute Gasteiger partial charge is 0.493 e. The van der Waals surface area contributed by atoms with Gasteiger partial charge in [-0.1, -0.05) is 6.07 Å². The first-order valence-electron chi connectivity index (χ1n) is 6.10. The van der Waals surface area contributed by atoms with Gasteiger partial charge in [0, 0.05) is 19.5 Å². The molecule has 4 heteroatoms. The lowest BCUT2D eigenvalue weighted by Crippen LogP contribution is -2.51. The number of ether oxygens (including phenoxy) is 2. The number of hydrogen-bond acceptors (Lipinski definition) is 4. The third kappa shape index (κ3) is 3.01. The summed E-state index contributed by atoms with van der Waals surface area (Å²) in [5.41, 5.74) is 0.964. The molecular weight excluding hydrogens is 230 g/mol. The summed E-state index contributed by atoms with van der Waals surface area (Å²) >= 11 is 0. The maximum atomic E-state index is 11.1. The number of methoxy groups -OCH3 is 1. The first-order chi connectivity index (χ1) is 8.58. The average Bonchev–Trinajstić information content (AvgIpc) is 2.26. The number of likely N-dealkylation sites (N-methyl/N-ethyl adjacent to an activating group) is 1. The summed E-state index contributed by atoms with van der Waals surface area (Å²) < 4.78 is 11.2. The lowest BCUT2D eigenvalue weighted by Gasteiger charge is -2.36. The third-order valence-electron chi connectivity index (χ3n) is 3.01. The molecule has 0 amide bonds. The first-order valence-corrected chi connectivity index (χ1v) is 6.10. The molecule has 0 atom stereocenters. The monoisotopic (exact) mass is 249 g/mol. The predicted octanol–water partition coefficient (Wildman–Crippen LogP) is 1.52. The van der Waals surface area contributed by atoms with Crippen molar-refractivity contribution in [3.63, 3.8) is 0 Å². The standard InChI is InChI=1S/C14H19NO3/c1-10(16)6-11-4-5-13(17-3)14(7-11)18-12-8-15(2)9-12/h4-5,7,12H,6,8-9H2,1-3H3. The Morgan fingerprint density at radius 1 is 1.39 bits per heavy atom. The zero-order chi connectivity index (χ0) is 13.1. The van der Waals surface area contributed by atoms with Crippen molar-refractivity contribution < 1.29 is 14.3 Å². The fraction of sp³-hybridized carbons (Fsp3) is 0.500. The van der Waals surface area contributed by atoms with Crippen LogP contribution in [0.5, 0.6) is 11.5 Å². The second kappa shape index (κ2) is 5.40. The molecule has 1 fully saturated rings. The minimum absolute atomic E-state index is 0.148. The van der Waals surface area contributed by atoms with E-state index in [-0.39, 0.29) is 11.9 Å². The number of carbonyl (C=O) groups is 1. The van der Waals surface area contributed by atoms with Crippen LogP contribution >= 0.6 is 0 Å². The van der Waals surface area contributed by atoms with Crippen LogP contribution in [0.15, 0.2) is 18.2 Å². The molecule has 0 spiro atoms. The van der Waals surface area contributed by atoms with Crippen molar-refractivity contribution in [3.05, 3.63) is 23.8 Å². The number of benzene rings is 1. The summed E-state index contributed by atoms with van der Waals surface area (Å²) in [5, 5.41) is 0. The average molecular weight is 249 g/mol. The van der Waals surface area contributed by atoms with Crippen molar-refractivity contribution in [1.82, 2.24) is 4.90 Å². The minimum atomic E-state index is 0.148. The van der Waals surface area contributed by atoms with Crippen molar-refractivity contribution in [3.8, 4) is 11.5 Å². The van der Waals surface area contributed by atoms with E-state index in [2.05, 4.69) is 11.9 Å². The molecule has 0 saturated carbocycles. The topological polar surface area (TPSA) is 38.8 Å². The van der Waals surface area contributed by atoms with Crippen LogP contribution in [0.2, 0.25) is 0 Å². The molecule has 0 radical (unpaired) electrons. The summed E-state index contributed by atoms with van der Waals surface area (Å²) in [7, 11) is 3.68. The van der Waals surface area contributed by atoms with E-state index in [9.17, 15) is 4.79 Å². The molecule has 1 aromatic carbocycles. The van der Waals surface area contributed by atoms with Gasteiger partial charge >= 0.3 is 0 Å². The lowest BCUT2D eigenvalue weighted by atomic mass is 10.1. The van der Waals surface area contributed by atoms with Gasteiger partial charge in [-0.3, -0.25) is 9.69 Å². The van der Waals surface area contributed by atoms with E-state index in [1.807, 2.05) is 18.2 Å². The number of Topliss-reactive ketones (excluding diaryl/α,β-unsaturated/α-hetero) is 1. The molecule has 0 bridgehead atoms. The van der Waals surface area contributed by atoms with Gasteiger partial charge in [0.1, 0.15) is 11.9 Å². The summed E-state index contributed by atoms with van der Waals surface area (Å²) in [4.78, 5) is 13.3. The SMILES string of the molecule is COc1ccc(CC(C)=O)cc1OC1CN(C)C1. The summed E-state index contributed by atoms with van der Waals surface area (Å²) in [5.74, 6) is 1.60. The number of rotatable bonds is 5. The van der Waals surface area contributed by atoms with Crippen LogP contribution in [0.4, 0.5) is 0 Å². The van der Waals surface area contributed by atoms with Crippen LogP contribution in [0.25, 0.3) is 0 Å². The van der Waals surface area contributed by atoms with Crippen molar-refractivity contribution >= 4 is 5.78 Å². The minimum Gasteiger partial charge on any atom is -0.493 e. The van der Waals surface area contributed by atoms with E-state index in [1.165, 1.54) is 0 Å². The molecule has 0 aromatic heterocycles. The molecule has 1 aliphatic rings. The van der Waals surface area contributed by atoms with Gasteiger partial charge in [0.05, 0.1) is 7.11 Å². The van der Waals surface area contributed by atoms with Crippen molar-refractivity contribution in [1.29, 1.82) is 0 Å². The van der Waals surface area contributed by atoms with Crippen LogP contribution in [-0.2, 0) is 11.2 Å². The van der Waals surface area contributed by atoms with Gasteiger partial charge in [0.15, 0.2) is 11.5 Å². The summed E-state index contributed by atoms with van der Waals surface area (Å²) in [6, 6.07) is 5.66. The van der Waals surface area contributed by atoms with Gasteiger partial charge in [-0.15, -0.1) is 0 Å². The van der Waals surface area contributed by atoms with E-state index < -0.39 is 0 Å². The molecule has 18 heavy (non-hydrogen) atoms. The quantitative estimate of drug-likeness (QED) is 0.793. The second-order valence-electron chi connectivity index (χ2n) is 4.83. The zero-order valence-electron chi connectivity index (χ0n) is 11.1. The van der Waals surface area contributed by atoms with Crippen molar-refractivity contribution in [2.75, 3.05) is 27.2 Å². The van der Waals surface area contributed by atoms with Gasteiger partial charge in [-0.2, -0.15) is 0 Å². The number of likely N-dealkylation sites (tertiary alicyclic amines) is 1. The van der Waals surface area contributed by atoms with Crippen LogP contribution in [-0.4, -0.2) is 44.0 Å². The highest BCUT2D eigenvalue weighted by molar-refractivity contribution is 5.78. The molecule has 98 valence electrons. The Kier molecular flexibility index (Phi) is 3.87. The maximum absolute atomic E-state index is 11.1. The molecule has 1 saturated heterocycles. The van der Waals surface area contributed by atoms with E-state index in [4.69, 9.17) is 9.47 Å². The fourth-order valence-electron chi connectivity index (χ4n) is 2.11. The molecule has 0 aliphatic carbocycles. The zero-order valence-corrected chi connectivity index (χ0v) is 11.1. The Labute approximate surface area is 107 Å². The Balaban J connectivity index is 2.11. The number of hydrogen-bond donors (Lipinski definition) is 0. The Morgan fingerprint density at radius 3 is 2.67 bits per heavy atom. The van der Waals surface area contributed by atoms with E-state index in [0.29, 0.717) is 6.42 Å². The molecule has 1 heterocycles. The van der Waals surface area contributed by atoms with Crippen molar-refractivity contribution in [2.45, 2.75) is 19.4 Å². The van der Waals surface area contributed by atoms with E-state index in [1.54, 1.807) is 14.0 Å². The number of carbonyl (C=O) groups excluding carboxylic acids is 1. The van der Waals surface area contributed by atoms with Gasteiger partial charge in [0.25, 0.3) is 0 Å². The fourth-order valence-corrected chi connectivity index (χ4v) is 2.11. The smallest absolute Gasteiger partial charge is 0.162 e. The molecule has 0 unspecified atom stereocenters. The molecule has 4 nitrogen and oxygen atoms in total. The van der Waals surface area contributed by atoms with Crippen LogP contribution in [0.3, 0.4) is 0 Å². The van der Waals surface area contributed by atoms with Gasteiger partial charge in [0.2, 0.25) is 0 Å². The van der Waals surface area contributed by atoms with Gasteiger partial charge in [-0.05, 0) is 31.7 Å². The Bertz CT molecular complexity index is 439. The van der Waals surface area contributed by atoms with E-state index in [0.717, 1.165) is 30.2 Å². The molecule has 2 rings (SSSR count). The number of nitrogens with zero attached hydrogens (tertiary/aromatic N) is 1. The highest BCUT2D eigenvalue weighted by atomic mass is 16.5. The third-order valence-corrected chi connectivity index (χ3v) is 3.01.